The Morgan fingerprint density at radius 2 is 1.82 bits per heavy atom. The maximum Gasteiger partial charge on any atom is 0.261 e. The molecule has 4 nitrogen and oxygen atoms in total. The number of carbonyl (C=O) groups is 2. The van der Waals surface area contributed by atoms with Crippen LogP contribution in [0.25, 0.3) is 0 Å². The van der Waals surface area contributed by atoms with Gasteiger partial charge in [0.2, 0.25) is 5.91 Å². The van der Waals surface area contributed by atoms with E-state index < -0.39 is 0 Å². The molecule has 0 aliphatic heterocycles. The number of para-hydroxylation sites is 1. The van der Waals surface area contributed by atoms with Crippen molar-refractivity contribution >= 4 is 28.8 Å². The lowest BCUT2D eigenvalue weighted by atomic mass is 10.1. The van der Waals surface area contributed by atoms with E-state index in [0.717, 1.165) is 16.8 Å². The summed E-state index contributed by atoms with van der Waals surface area (Å²) < 4.78 is 0. The zero-order valence-electron chi connectivity index (χ0n) is 13.1. The molecule has 0 spiro atoms. The molecule has 0 radical (unpaired) electrons. The Kier molecular flexibility index (Phi) is 5.33. The van der Waals surface area contributed by atoms with Crippen LogP contribution in [-0.2, 0) is 4.79 Å². The zero-order valence-corrected chi connectivity index (χ0v) is 13.9. The quantitative estimate of drug-likeness (QED) is 0.921. The fourth-order valence-electron chi connectivity index (χ4n) is 2.43. The van der Waals surface area contributed by atoms with Crippen LogP contribution in [0.3, 0.4) is 0 Å². The second-order valence-electron chi connectivity index (χ2n) is 5.14. The summed E-state index contributed by atoms with van der Waals surface area (Å²) in [4.78, 5) is 26.3. The highest BCUT2D eigenvalue weighted by atomic mass is 32.1. The number of thiophene rings is 1. The first-order valence-corrected chi connectivity index (χ1v) is 8.04. The number of rotatable bonds is 5. The number of nitrogens with one attached hydrogen (secondary N) is 1. The number of nitrogens with zero attached hydrogens (tertiary/aromatic N) is 1. The predicted molar refractivity (Wildman–Crippen MR) is 90.6 cm³/mol. The molecule has 0 unspecified atom stereocenters. The van der Waals surface area contributed by atoms with Gasteiger partial charge >= 0.3 is 0 Å². The van der Waals surface area contributed by atoms with Crippen LogP contribution in [0.4, 0.5) is 5.69 Å². The van der Waals surface area contributed by atoms with Crippen molar-refractivity contribution in [3.63, 3.8) is 0 Å². The number of hydrogen-bond donors (Lipinski definition) is 1. The normalized spacial score (nSPS) is 10.3. The van der Waals surface area contributed by atoms with Crippen LogP contribution >= 0.6 is 11.3 Å². The van der Waals surface area contributed by atoms with Crippen LogP contribution in [0, 0.1) is 13.8 Å². The van der Waals surface area contributed by atoms with Gasteiger partial charge in [-0.3, -0.25) is 9.59 Å². The van der Waals surface area contributed by atoms with Gasteiger partial charge in [-0.05, 0) is 36.4 Å². The van der Waals surface area contributed by atoms with Gasteiger partial charge in [0.05, 0.1) is 4.88 Å². The van der Waals surface area contributed by atoms with Crippen molar-refractivity contribution in [2.75, 3.05) is 18.0 Å². The first-order chi connectivity index (χ1) is 10.5. The van der Waals surface area contributed by atoms with Crippen LogP contribution in [0.5, 0.6) is 0 Å². The molecule has 2 aromatic rings. The number of aryl methyl sites for hydroxylation is 2. The van der Waals surface area contributed by atoms with Gasteiger partial charge in [-0.1, -0.05) is 24.3 Å². The Morgan fingerprint density at radius 3 is 2.36 bits per heavy atom. The molecule has 1 N–H and O–H groups in total. The highest BCUT2D eigenvalue weighted by Crippen LogP contribution is 2.24. The van der Waals surface area contributed by atoms with Gasteiger partial charge in [-0.15, -0.1) is 11.3 Å². The van der Waals surface area contributed by atoms with E-state index in [1.165, 1.54) is 11.3 Å². The molecule has 2 amide bonds. The van der Waals surface area contributed by atoms with E-state index in [1.807, 2.05) is 43.5 Å². The summed E-state index contributed by atoms with van der Waals surface area (Å²) in [6, 6.07) is 9.59. The fraction of sp³-hybridized carbons (Fsp3) is 0.294. The fourth-order valence-corrected chi connectivity index (χ4v) is 3.07. The maximum absolute atomic E-state index is 12.0. The van der Waals surface area contributed by atoms with E-state index in [1.54, 1.807) is 17.9 Å². The summed E-state index contributed by atoms with van der Waals surface area (Å²) >= 11 is 1.40. The number of amides is 2. The predicted octanol–water partition coefficient (Wildman–Crippen LogP) is 3.15. The van der Waals surface area contributed by atoms with Crippen LogP contribution in [0.1, 0.15) is 27.7 Å². The van der Waals surface area contributed by atoms with E-state index in [2.05, 4.69) is 5.32 Å². The molecule has 0 bridgehead atoms. The van der Waals surface area contributed by atoms with Crippen LogP contribution in [0.15, 0.2) is 35.7 Å². The summed E-state index contributed by atoms with van der Waals surface area (Å²) in [5, 5.41) is 4.73. The third-order valence-electron chi connectivity index (χ3n) is 3.46. The van der Waals surface area contributed by atoms with Gasteiger partial charge in [0.1, 0.15) is 0 Å². The minimum absolute atomic E-state index is 0.0252. The third kappa shape index (κ3) is 3.74. The summed E-state index contributed by atoms with van der Waals surface area (Å²) in [5.41, 5.74) is 3.04. The molecule has 2 rings (SSSR count). The second kappa shape index (κ2) is 7.22. The average Bonchev–Trinajstić information content (AvgIpc) is 2.99. The van der Waals surface area contributed by atoms with Crippen molar-refractivity contribution in [3.05, 3.63) is 51.7 Å². The first-order valence-electron chi connectivity index (χ1n) is 7.16. The average molecular weight is 316 g/mol. The Morgan fingerprint density at radius 1 is 1.14 bits per heavy atom. The molecule has 0 atom stereocenters. The molecular weight excluding hydrogens is 296 g/mol. The lowest BCUT2D eigenvalue weighted by molar-refractivity contribution is -0.116. The lowest BCUT2D eigenvalue weighted by Gasteiger charge is -2.25. The van der Waals surface area contributed by atoms with Gasteiger partial charge in [-0.25, -0.2) is 0 Å². The number of hydrogen-bond acceptors (Lipinski definition) is 3. The first kappa shape index (κ1) is 16.2. The van der Waals surface area contributed by atoms with Crippen molar-refractivity contribution in [1.29, 1.82) is 0 Å². The number of anilines is 1. The lowest BCUT2D eigenvalue weighted by Crippen LogP contribution is -2.38. The summed E-state index contributed by atoms with van der Waals surface area (Å²) in [6.45, 7) is 6.40. The van der Waals surface area contributed by atoms with E-state index in [9.17, 15) is 9.59 Å². The monoisotopic (exact) mass is 316 g/mol. The Bertz CT molecular complexity index is 645. The Balaban J connectivity index is 2.04. The second-order valence-corrected chi connectivity index (χ2v) is 6.09. The standard InChI is InChI=1S/C17H20N2O2S/c1-12-6-4-7-13(2)16(12)19(14(3)20)10-9-18-17(21)15-8-5-11-22-15/h4-8,11H,9-10H2,1-3H3,(H,18,21). The molecule has 1 heterocycles. The van der Waals surface area contributed by atoms with E-state index in [0.29, 0.717) is 18.0 Å². The van der Waals surface area contributed by atoms with Crippen molar-refractivity contribution in [2.45, 2.75) is 20.8 Å². The molecule has 22 heavy (non-hydrogen) atoms. The smallest absolute Gasteiger partial charge is 0.261 e. The molecule has 1 aromatic carbocycles. The van der Waals surface area contributed by atoms with E-state index in [4.69, 9.17) is 0 Å². The highest BCUT2D eigenvalue weighted by molar-refractivity contribution is 7.12. The minimum atomic E-state index is -0.0972. The zero-order chi connectivity index (χ0) is 16.1. The van der Waals surface area contributed by atoms with Crippen molar-refractivity contribution in [1.82, 2.24) is 5.32 Å². The summed E-state index contributed by atoms with van der Waals surface area (Å²) in [7, 11) is 0. The maximum atomic E-state index is 12.0. The van der Waals surface area contributed by atoms with Crippen molar-refractivity contribution in [3.8, 4) is 0 Å². The number of carbonyl (C=O) groups excluding carboxylic acids is 2. The molecular formula is C17H20N2O2S. The summed E-state index contributed by atoms with van der Waals surface area (Å²) in [5.74, 6) is -0.122. The molecule has 5 heteroatoms. The molecule has 0 aliphatic rings. The SMILES string of the molecule is CC(=O)N(CCNC(=O)c1cccs1)c1c(C)cccc1C. The Labute approximate surface area is 134 Å². The van der Waals surface area contributed by atoms with Gasteiger partial charge < -0.3 is 10.2 Å². The molecule has 0 saturated carbocycles. The van der Waals surface area contributed by atoms with Gasteiger partial charge in [0.15, 0.2) is 0 Å². The van der Waals surface area contributed by atoms with E-state index >= 15 is 0 Å². The van der Waals surface area contributed by atoms with Crippen LogP contribution < -0.4 is 10.2 Å². The molecule has 0 saturated heterocycles. The third-order valence-corrected chi connectivity index (χ3v) is 4.32. The van der Waals surface area contributed by atoms with Crippen LogP contribution in [0.2, 0.25) is 0 Å². The van der Waals surface area contributed by atoms with Crippen LogP contribution in [-0.4, -0.2) is 24.9 Å². The van der Waals surface area contributed by atoms with Crippen molar-refractivity contribution < 1.29 is 9.59 Å². The molecule has 1 aromatic heterocycles. The largest absolute Gasteiger partial charge is 0.350 e. The van der Waals surface area contributed by atoms with E-state index in [-0.39, 0.29) is 11.8 Å². The number of benzene rings is 1. The van der Waals surface area contributed by atoms with Gasteiger partial charge in [0, 0.05) is 25.7 Å². The Hall–Kier alpha value is -2.14. The minimum Gasteiger partial charge on any atom is -0.350 e. The molecule has 0 fully saturated rings. The highest BCUT2D eigenvalue weighted by Gasteiger charge is 2.16. The molecule has 0 aliphatic carbocycles. The molecule has 116 valence electrons. The topological polar surface area (TPSA) is 49.4 Å². The van der Waals surface area contributed by atoms with Gasteiger partial charge in [-0.2, -0.15) is 0 Å². The summed E-state index contributed by atoms with van der Waals surface area (Å²) in [6.07, 6.45) is 0. The van der Waals surface area contributed by atoms with Gasteiger partial charge in [0.25, 0.3) is 5.91 Å². The van der Waals surface area contributed by atoms with Crippen molar-refractivity contribution in [2.24, 2.45) is 0 Å².